The number of nitrogens with zero attached hydrogens (tertiary/aromatic N) is 4. The van der Waals surface area contributed by atoms with E-state index in [9.17, 15) is 4.39 Å². The number of rotatable bonds is 2. The Balaban J connectivity index is 1.68. The van der Waals surface area contributed by atoms with Crippen molar-refractivity contribution in [3.05, 3.63) is 34.0 Å². The van der Waals surface area contributed by atoms with Crippen LogP contribution in [0.1, 0.15) is 0 Å². The summed E-state index contributed by atoms with van der Waals surface area (Å²) in [5, 5.41) is 8.98. The molecule has 1 aromatic carbocycles. The van der Waals surface area contributed by atoms with Gasteiger partial charge in [-0.1, -0.05) is 23.5 Å². The number of anilines is 2. The van der Waals surface area contributed by atoms with Gasteiger partial charge in [0, 0.05) is 26.2 Å². The molecule has 0 aliphatic carbocycles. The fourth-order valence-electron chi connectivity index (χ4n) is 2.17. The third-order valence-electron chi connectivity index (χ3n) is 3.13. The molecule has 1 fully saturated rings. The Morgan fingerprint density at radius 3 is 2.37 bits per heavy atom. The second kappa shape index (κ2) is 5.42. The van der Waals surface area contributed by atoms with Crippen LogP contribution in [0.25, 0.3) is 0 Å². The van der Waals surface area contributed by atoms with E-state index in [0.717, 1.165) is 35.2 Å². The highest BCUT2D eigenvalue weighted by molar-refractivity contribution is 9.11. The van der Waals surface area contributed by atoms with Crippen LogP contribution in [0.5, 0.6) is 0 Å². The summed E-state index contributed by atoms with van der Waals surface area (Å²) in [6.45, 7) is 3.24. The molecule has 2 heterocycles. The number of hydrogen-bond acceptors (Lipinski definition) is 5. The Morgan fingerprint density at radius 1 is 1.05 bits per heavy atom. The van der Waals surface area contributed by atoms with Gasteiger partial charge in [-0.05, 0) is 28.1 Å². The van der Waals surface area contributed by atoms with Crippen molar-refractivity contribution in [1.29, 1.82) is 0 Å². The lowest BCUT2D eigenvalue weighted by atomic mass is 10.2. The number of halogens is 2. The summed E-state index contributed by atoms with van der Waals surface area (Å²) in [7, 11) is 0. The molecule has 1 saturated heterocycles. The maximum Gasteiger partial charge on any atom is 0.209 e. The summed E-state index contributed by atoms with van der Waals surface area (Å²) in [5.74, 6) is -0.158. The lowest BCUT2D eigenvalue weighted by molar-refractivity contribution is 0.597. The monoisotopic (exact) mass is 342 g/mol. The molecule has 0 bridgehead atoms. The van der Waals surface area contributed by atoms with Gasteiger partial charge in [0.1, 0.15) is 5.82 Å². The maximum absolute atomic E-state index is 13.7. The first kappa shape index (κ1) is 12.8. The summed E-state index contributed by atoms with van der Waals surface area (Å²) in [5.41, 5.74) is 0.681. The zero-order valence-corrected chi connectivity index (χ0v) is 12.5. The van der Waals surface area contributed by atoms with Gasteiger partial charge in [-0.15, -0.1) is 10.2 Å². The zero-order valence-electron chi connectivity index (χ0n) is 10.1. The van der Waals surface area contributed by atoms with E-state index >= 15 is 0 Å². The fourth-order valence-corrected chi connectivity index (χ4v) is 3.31. The molecule has 1 aliphatic heterocycles. The Kier molecular flexibility index (Phi) is 3.65. The Bertz CT molecular complexity index is 568. The number of aromatic nitrogens is 2. The van der Waals surface area contributed by atoms with Crippen LogP contribution >= 0.6 is 27.3 Å². The number of hydrogen-bond donors (Lipinski definition) is 0. The third-order valence-corrected chi connectivity index (χ3v) is 4.55. The van der Waals surface area contributed by atoms with Crippen LogP contribution in [-0.4, -0.2) is 36.4 Å². The van der Waals surface area contributed by atoms with Gasteiger partial charge in [0.05, 0.1) is 5.69 Å². The summed E-state index contributed by atoms with van der Waals surface area (Å²) in [4.78, 5) is 4.25. The lowest BCUT2D eigenvalue weighted by Gasteiger charge is -2.35. The van der Waals surface area contributed by atoms with Crippen LogP contribution < -0.4 is 9.80 Å². The molecular formula is C12H12BrFN4S. The van der Waals surface area contributed by atoms with E-state index in [1.165, 1.54) is 17.4 Å². The Labute approximate surface area is 123 Å². The van der Waals surface area contributed by atoms with Gasteiger partial charge >= 0.3 is 0 Å². The van der Waals surface area contributed by atoms with Crippen LogP contribution in [0.15, 0.2) is 28.2 Å². The first-order chi connectivity index (χ1) is 9.24. The lowest BCUT2D eigenvalue weighted by Crippen LogP contribution is -2.46. The summed E-state index contributed by atoms with van der Waals surface area (Å²) >= 11 is 4.84. The summed E-state index contributed by atoms with van der Waals surface area (Å²) in [6.07, 6.45) is 0. The smallest absolute Gasteiger partial charge is 0.209 e. The predicted octanol–water partition coefficient (Wildman–Crippen LogP) is 2.77. The van der Waals surface area contributed by atoms with Gasteiger partial charge in [0.25, 0.3) is 0 Å². The molecule has 1 aliphatic rings. The van der Waals surface area contributed by atoms with Crippen molar-refractivity contribution >= 4 is 38.1 Å². The minimum Gasteiger partial charge on any atom is -0.366 e. The van der Waals surface area contributed by atoms with Crippen molar-refractivity contribution in [3.63, 3.8) is 0 Å². The molecule has 4 nitrogen and oxygen atoms in total. The van der Waals surface area contributed by atoms with Crippen LogP contribution in [0.3, 0.4) is 0 Å². The van der Waals surface area contributed by atoms with Gasteiger partial charge < -0.3 is 9.80 Å². The van der Waals surface area contributed by atoms with E-state index in [4.69, 9.17) is 0 Å². The van der Waals surface area contributed by atoms with Gasteiger partial charge in [-0.25, -0.2) is 4.39 Å². The van der Waals surface area contributed by atoms with Crippen molar-refractivity contribution < 1.29 is 4.39 Å². The summed E-state index contributed by atoms with van der Waals surface area (Å²) in [6, 6.07) is 6.91. The van der Waals surface area contributed by atoms with Crippen LogP contribution in [-0.2, 0) is 0 Å². The average Bonchev–Trinajstić information content (AvgIpc) is 2.86. The van der Waals surface area contributed by atoms with E-state index < -0.39 is 0 Å². The maximum atomic E-state index is 13.7. The highest BCUT2D eigenvalue weighted by Gasteiger charge is 2.21. The molecule has 0 atom stereocenters. The molecule has 0 unspecified atom stereocenters. The van der Waals surface area contributed by atoms with E-state index in [1.54, 1.807) is 6.07 Å². The van der Waals surface area contributed by atoms with E-state index in [-0.39, 0.29) is 5.82 Å². The molecule has 100 valence electrons. The molecule has 2 aromatic rings. The number of benzene rings is 1. The number of piperazine rings is 1. The molecule has 1 aromatic heterocycles. The third kappa shape index (κ3) is 2.71. The van der Waals surface area contributed by atoms with Crippen LogP contribution in [0, 0.1) is 5.82 Å². The predicted molar refractivity (Wildman–Crippen MR) is 78.4 cm³/mol. The van der Waals surface area contributed by atoms with E-state index in [1.807, 2.05) is 12.1 Å². The second-order valence-electron chi connectivity index (χ2n) is 4.26. The molecule has 7 heteroatoms. The quantitative estimate of drug-likeness (QED) is 0.839. The van der Waals surface area contributed by atoms with Gasteiger partial charge in [-0.2, -0.15) is 0 Å². The molecule has 19 heavy (non-hydrogen) atoms. The topological polar surface area (TPSA) is 32.3 Å². The number of para-hydroxylation sites is 1. The second-order valence-corrected chi connectivity index (χ2v) is 6.50. The normalized spacial score (nSPS) is 15.9. The van der Waals surface area contributed by atoms with E-state index in [2.05, 4.69) is 35.9 Å². The Morgan fingerprint density at radius 2 is 1.74 bits per heavy atom. The fraction of sp³-hybridized carbons (Fsp3) is 0.333. The Hall–Kier alpha value is -1.21. The van der Waals surface area contributed by atoms with Crippen molar-refractivity contribution in [2.24, 2.45) is 0 Å². The van der Waals surface area contributed by atoms with E-state index in [0.29, 0.717) is 5.69 Å². The van der Waals surface area contributed by atoms with Crippen molar-refractivity contribution in [2.75, 3.05) is 36.0 Å². The van der Waals surface area contributed by atoms with Crippen LogP contribution in [0.4, 0.5) is 15.2 Å². The molecule has 0 N–H and O–H groups in total. The highest BCUT2D eigenvalue weighted by Crippen LogP contribution is 2.26. The minimum atomic E-state index is -0.158. The average molecular weight is 343 g/mol. The van der Waals surface area contributed by atoms with Gasteiger partial charge in [0.2, 0.25) is 5.13 Å². The van der Waals surface area contributed by atoms with Crippen molar-refractivity contribution in [1.82, 2.24) is 10.2 Å². The first-order valence-electron chi connectivity index (χ1n) is 5.97. The first-order valence-corrected chi connectivity index (χ1v) is 7.58. The summed E-state index contributed by atoms with van der Waals surface area (Å²) < 4.78 is 14.5. The molecule has 0 saturated carbocycles. The molecular weight excluding hydrogens is 331 g/mol. The van der Waals surface area contributed by atoms with Crippen molar-refractivity contribution in [3.8, 4) is 0 Å². The molecule has 0 spiro atoms. The van der Waals surface area contributed by atoms with Gasteiger partial charge in [0.15, 0.2) is 3.92 Å². The SMILES string of the molecule is Fc1ccccc1N1CCN(c2nnc(Br)s2)CC1. The standard InChI is InChI=1S/C12H12BrFN4S/c13-11-15-16-12(19-11)18-7-5-17(6-8-18)10-4-2-1-3-9(10)14/h1-4H,5-8H2. The molecule has 0 radical (unpaired) electrons. The van der Waals surface area contributed by atoms with Crippen molar-refractivity contribution in [2.45, 2.75) is 0 Å². The van der Waals surface area contributed by atoms with Gasteiger partial charge in [-0.3, -0.25) is 0 Å². The zero-order chi connectivity index (χ0) is 13.2. The largest absolute Gasteiger partial charge is 0.366 e. The minimum absolute atomic E-state index is 0.158. The molecule has 3 rings (SSSR count). The van der Waals surface area contributed by atoms with Crippen LogP contribution in [0.2, 0.25) is 0 Å². The molecule has 0 amide bonds. The highest BCUT2D eigenvalue weighted by atomic mass is 79.9.